The molecule has 3 nitrogen and oxygen atoms in total. The molecule has 1 saturated heterocycles. The Bertz CT molecular complexity index is 812. The molecule has 0 radical (unpaired) electrons. The van der Waals surface area contributed by atoms with E-state index in [0.717, 1.165) is 88.1 Å². The minimum atomic E-state index is -4.29. The number of likely N-dealkylation sites (N-methyl/N-ethyl adjacent to an activating group) is 1. The molecule has 0 bridgehead atoms. The molecule has 1 fully saturated rings. The van der Waals surface area contributed by atoms with Gasteiger partial charge >= 0.3 is 6.18 Å². The van der Waals surface area contributed by atoms with Crippen LogP contribution in [0.1, 0.15) is 36.1 Å². The van der Waals surface area contributed by atoms with Gasteiger partial charge in [-0.1, -0.05) is 6.07 Å². The summed E-state index contributed by atoms with van der Waals surface area (Å²) in [5, 5.41) is 0.458. The van der Waals surface area contributed by atoms with Crippen LogP contribution in [0.15, 0.2) is 18.2 Å². The van der Waals surface area contributed by atoms with Gasteiger partial charge in [0.15, 0.2) is 0 Å². The molecular weight excluding hydrogens is 422 g/mol. The van der Waals surface area contributed by atoms with Crippen molar-refractivity contribution in [3.63, 3.8) is 0 Å². The molecule has 2 aromatic rings. The fourth-order valence-corrected chi connectivity index (χ4v) is 4.70. The Morgan fingerprint density at radius 3 is 2.31 bits per heavy atom. The van der Waals surface area contributed by atoms with Crippen molar-refractivity contribution >= 4 is 35.7 Å². The minimum Gasteiger partial charge on any atom is -0.344 e. The topological polar surface area (TPSA) is 11.4 Å². The molecule has 8 heteroatoms. The highest BCUT2D eigenvalue weighted by Crippen LogP contribution is 2.41. The number of hydrogen-bond acceptors (Lipinski definition) is 2. The van der Waals surface area contributed by atoms with E-state index in [1.807, 2.05) is 6.07 Å². The Kier molecular flexibility index (Phi) is 8.31. The van der Waals surface area contributed by atoms with E-state index in [2.05, 4.69) is 21.4 Å². The van der Waals surface area contributed by atoms with Crippen molar-refractivity contribution in [3.8, 4) is 0 Å². The van der Waals surface area contributed by atoms with Crippen molar-refractivity contribution in [2.75, 3.05) is 39.8 Å². The molecule has 1 aromatic heterocycles. The Balaban J connectivity index is 0.00000150. The molecule has 1 aromatic carbocycles. The van der Waals surface area contributed by atoms with Gasteiger partial charge in [-0.15, -0.1) is 24.8 Å². The van der Waals surface area contributed by atoms with Gasteiger partial charge in [0, 0.05) is 49.3 Å². The van der Waals surface area contributed by atoms with E-state index in [9.17, 15) is 13.2 Å². The molecule has 29 heavy (non-hydrogen) atoms. The number of halogens is 5. The van der Waals surface area contributed by atoms with Gasteiger partial charge in [-0.05, 0) is 63.4 Å². The van der Waals surface area contributed by atoms with Gasteiger partial charge in [0.25, 0.3) is 0 Å². The Morgan fingerprint density at radius 1 is 0.931 bits per heavy atom. The quantitative estimate of drug-likeness (QED) is 0.646. The van der Waals surface area contributed by atoms with Gasteiger partial charge in [0.05, 0.1) is 5.56 Å². The molecule has 1 aliphatic heterocycles. The lowest BCUT2D eigenvalue weighted by Gasteiger charge is -2.32. The van der Waals surface area contributed by atoms with Crippen LogP contribution in [0.25, 0.3) is 10.9 Å². The van der Waals surface area contributed by atoms with E-state index in [0.29, 0.717) is 5.39 Å². The molecule has 0 amide bonds. The first-order chi connectivity index (χ1) is 12.9. The van der Waals surface area contributed by atoms with E-state index < -0.39 is 11.7 Å². The summed E-state index contributed by atoms with van der Waals surface area (Å²) in [6.07, 6.45) is 0.413. The lowest BCUT2D eigenvalue weighted by molar-refractivity contribution is -0.136. The highest BCUT2D eigenvalue weighted by atomic mass is 35.5. The second-order valence-corrected chi connectivity index (χ2v) is 7.98. The van der Waals surface area contributed by atoms with Crippen LogP contribution in [0.5, 0.6) is 0 Å². The highest BCUT2D eigenvalue weighted by molar-refractivity contribution is 5.89. The molecular formula is C21H30Cl2F3N3. The average molecular weight is 452 g/mol. The fraction of sp³-hybridized carbons (Fsp3) is 0.619. The van der Waals surface area contributed by atoms with Crippen molar-refractivity contribution in [3.05, 3.63) is 35.0 Å². The summed E-state index contributed by atoms with van der Waals surface area (Å²) >= 11 is 0. The number of hydrogen-bond donors (Lipinski definition) is 0. The standard InChI is InChI=1S/C21H28F3N3.2ClH/c1-25-12-14-26(15-13-25)10-5-11-27-18-8-3-2-6-16(18)20-17(21(22,23)24)7-4-9-19(20)27;;/h4,7,9H,2-3,5-6,8,10-15H2,1H3;2*1H. The first kappa shape index (κ1) is 24.3. The van der Waals surface area contributed by atoms with E-state index in [-0.39, 0.29) is 24.8 Å². The smallest absolute Gasteiger partial charge is 0.344 e. The molecule has 2 aliphatic rings. The monoisotopic (exact) mass is 451 g/mol. The predicted octanol–water partition coefficient (Wildman–Crippen LogP) is 5.02. The number of piperazine rings is 1. The molecule has 0 atom stereocenters. The summed E-state index contributed by atoms with van der Waals surface area (Å²) < 4.78 is 43.0. The van der Waals surface area contributed by atoms with Crippen molar-refractivity contribution in [1.82, 2.24) is 14.4 Å². The maximum Gasteiger partial charge on any atom is 0.417 e. The maximum absolute atomic E-state index is 13.6. The zero-order valence-electron chi connectivity index (χ0n) is 16.8. The van der Waals surface area contributed by atoms with Crippen LogP contribution < -0.4 is 0 Å². The third kappa shape index (κ3) is 5.04. The van der Waals surface area contributed by atoms with Gasteiger partial charge in [-0.3, -0.25) is 0 Å². The van der Waals surface area contributed by atoms with Gasteiger partial charge in [0.1, 0.15) is 0 Å². The van der Waals surface area contributed by atoms with Crippen molar-refractivity contribution in [1.29, 1.82) is 0 Å². The van der Waals surface area contributed by atoms with Gasteiger partial charge in [0.2, 0.25) is 0 Å². The number of fused-ring (bicyclic) bond motifs is 3. The molecule has 1 aliphatic carbocycles. The van der Waals surface area contributed by atoms with Gasteiger partial charge in [-0.2, -0.15) is 13.2 Å². The van der Waals surface area contributed by atoms with Crippen molar-refractivity contribution in [2.45, 2.75) is 44.8 Å². The van der Waals surface area contributed by atoms with E-state index in [4.69, 9.17) is 0 Å². The van der Waals surface area contributed by atoms with Gasteiger partial charge in [-0.25, -0.2) is 0 Å². The predicted molar refractivity (Wildman–Crippen MR) is 117 cm³/mol. The lowest BCUT2D eigenvalue weighted by atomic mass is 9.93. The summed E-state index contributed by atoms with van der Waals surface area (Å²) in [5.41, 5.74) is 2.40. The van der Waals surface area contributed by atoms with Crippen LogP contribution in [-0.4, -0.2) is 54.1 Å². The van der Waals surface area contributed by atoms with E-state index >= 15 is 0 Å². The largest absolute Gasteiger partial charge is 0.417 e. The average Bonchev–Trinajstić information content (AvgIpc) is 2.97. The van der Waals surface area contributed by atoms with Crippen LogP contribution in [0.2, 0.25) is 0 Å². The number of rotatable bonds is 4. The van der Waals surface area contributed by atoms with Crippen molar-refractivity contribution in [2.24, 2.45) is 0 Å². The third-order valence-electron chi connectivity index (χ3n) is 6.16. The summed E-state index contributed by atoms with van der Waals surface area (Å²) in [7, 11) is 2.15. The fourth-order valence-electron chi connectivity index (χ4n) is 4.70. The molecule has 4 rings (SSSR count). The zero-order valence-corrected chi connectivity index (χ0v) is 18.4. The van der Waals surface area contributed by atoms with Crippen LogP contribution in [0, 0.1) is 0 Å². The number of aromatic nitrogens is 1. The first-order valence-corrected chi connectivity index (χ1v) is 10.1. The molecule has 164 valence electrons. The van der Waals surface area contributed by atoms with E-state index in [1.54, 1.807) is 6.07 Å². The Morgan fingerprint density at radius 2 is 1.62 bits per heavy atom. The highest BCUT2D eigenvalue weighted by Gasteiger charge is 2.35. The summed E-state index contributed by atoms with van der Waals surface area (Å²) in [6.45, 7) is 6.17. The Labute approximate surface area is 183 Å². The second-order valence-electron chi connectivity index (χ2n) is 7.98. The van der Waals surface area contributed by atoms with Crippen LogP contribution in [-0.2, 0) is 25.6 Å². The number of nitrogens with zero attached hydrogens (tertiary/aromatic N) is 3. The van der Waals surface area contributed by atoms with Gasteiger partial charge < -0.3 is 14.4 Å². The molecule has 0 spiro atoms. The number of benzene rings is 1. The number of aryl methyl sites for hydroxylation is 2. The maximum atomic E-state index is 13.6. The SMILES string of the molecule is CN1CCN(CCCn2c3c(c4c(C(F)(F)F)cccc42)CCCC3)CC1.Cl.Cl. The van der Waals surface area contributed by atoms with Crippen LogP contribution >= 0.6 is 24.8 Å². The summed E-state index contributed by atoms with van der Waals surface area (Å²) in [6, 6.07) is 4.68. The first-order valence-electron chi connectivity index (χ1n) is 10.1. The zero-order chi connectivity index (χ0) is 19.0. The van der Waals surface area contributed by atoms with Crippen molar-refractivity contribution < 1.29 is 13.2 Å². The number of alkyl halides is 3. The molecule has 0 N–H and O–H groups in total. The Hall–Kier alpha value is -0.950. The van der Waals surface area contributed by atoms with Crippen LogP contribution in [0.4, 0.5) is 13.2 Å². The molecule has 0 saturated carbocycles. The third-order valence-corrected chi connectivity index (χ3v) is 6.16. The lowest BCUT2D eigenvalue weighted by Crippen LogP contribution is -2.44. The second kappa shape index (κ2) is 9.90. The van der Waals surface area contributed by atoms with Crippen LogP contribution in [0.3, 0.4) is 0 Å². The summed E-state index contributed by atoms with van der Waals surface area (Å²) in [4.78, 5) is 4.81. The molecule has 2 heterocycles. The summed E-state index contributed by atoms with van der Waals surface area (Å²) in [5.74, 6) is 0. The van der Waals surface area contributed by atoms with E-state index in [1.165, 1.54) is 6.07 Å². The normalized spacial score (nSPS) is 18.2. The molecule has 0 unspecified atom stereocenters. The minimum absolute atomic E-state index is 0.